The second-order valence-corrected chi connectivity index (χ2v) is 11.1. The van der Waals surface area contributed by atoms with E-state index in [-0.39, 0.29) is 28.2 Å². The predicted molar refractivity (Wildman–Crippen MR) is 142 cm³/mol. The molecule has 5 nitrogen and oxygen atoms in total. The fourth-order valence-corrected chi connectivity index (χ4v) is 5.99. The van der Waals surface area contributed by atoms with Gasteiger partial charge in [-0.1, -0.05) is 69.7 Å². The molecule has 8 heteroatoms. The van der Waals surface area contributed by atoms with Crippen LogP contribution in [0, 0.1) is 23.1 Å². The van der Waals surface area contributed by atoms with Gasteiger partial charge in [0.15, 0.2) is 0 Å². The quantitative estimate of drug-likeness (QED) is 0.412. The molecule has 1 heterocycles. The van der Waals surface area contributed by atoms with Crippen LogP contribution in [0.5, 0.6) is 0 Å². The van der Waals surface area contributed by atoms with E-state index < -0.39 is 11.9 Å². The zero-order valence-corrected chi connectivity index (χ0v) is 23.2. The predicted octanol–water partition coefficient (Wildman–Crippen LogP) is 6.51. The molecule has 2 aliphatic carbocycles. The Labute approximate surface area is 220 Å². The summed E-state index contributed by atoms with van der Waals surface area (Å²) < 4.78 is 14.6. The first-order valence-corrected chi connectivity index (χ1v) is 13.8. The minimum Gasteiger partial charge on any atom is -0.370 e. The van der Waals surface area contributed by atoms with Crippen LogP contribution in [0.1, 0.15) is 90.2 Å². The third-order valence-corrected chi connectivity index (χ3v) is 8.27. The van der Waals surface area contributed by atoms with Crippen molar-refractivity contribution in [1.82, 2.24) is 10.2 Å². The summed E-state index contributed by atoms with van der Waals surface area (Å²) in [6.45, 7) is 8.18. The van der Waals surface area contributed by atoms with Gasteiger partial charge < -0.3 is 16.0 Å². The Morgan fingerprint density at radius 1 is 1.14 bits per heavy atom. The van der Waals surface area contributed by atoms with Crippen LogP contribution in [-0.4, -0.2) is 36.9 Å². The van der Waals surface area contributed by atoms with Crippen LogP contribution < -0.4 is 11.1 Å². The third kappa shape index (κ3) is 8.06. The van der Waals surface area contributed by atoms with Gasteiger partial charge in [-0.05, 0) is 56.2 Å². The Morgan fingerprint density at radius 3 is 2.23 bits per heavy atom. The van der Waals surface area contributed by atoms with E-state index in [0.29, 0.717) is 22.9 Å². The Morgan fingerprint density at radius 2 is 1.71 bits per heavy atom. The summed E-state index contributed by atoms with van der Waals surface area (Å²) in [4.78, 5) is 25.2. The number of halogens is 3. The minimum atomic E-state index is -0.431. The van der Waals surface area contributed by atoms with Crippen LogP contribution in [0.4, 0.5) is 4.39 Å². The zero-order valence-electron chi connectivity index (χ0n) is 21.6. The first-order chi connectivity index (χ1) is 16.6. The van der Waals surface area contributed by atoms with Crippen LogP contribution in [-0.2, 0) is 9.59 Å². The molecular weight excluding hydrogens is 488 g/mol. The highest BCUT2D eigenvalue weighted by Crippen LogP contribution is 2.50. The minimum absolute atomic E-state index is 0.0288. The van der Waals surface area contributed by atoms with Crippen molar-refractivity contribution in [2.75, 3.05) is 20.1 Å². The molecule has 1 aliphatic heterocycles. The number of primary amides is 1. The summed E-state index contributed by atoms with van der Waals surface area (Å²) in [5.41, 5.74) is 5.15. The van der Waals surface area contributed by atoms with Gasteiger partial charge in [-0.15, -0.1) is 0 Å². The topological polar surface area (TPSA) is 75.4 Å². The van der Waals surface area contributed by atoms with Crippen molar-refractivity contribution >= 4 is 35.0 Å². The molecule has 1 unspecified atom stereocenters. The maximum absolute atomic E-state index is 14.6. The van der Waals surface area contributed by atoms with Gasteiger partial charge in [0, 0.05) is 31.0 Å². The molecule has 1 aromatic carbocycles. The van der Waals surface area contributed by atoms with Crippen molar-refractivity contribution in [2.45, 2.75) is 84.6 Å². The highest BCUT2D eigenvalue weighted by atomic mass is 35.5. The Hall–Kier alpha value is -1.37. The number of amides is 2. The monoisotopic (exact) mass is 529 g/mol. The summed E-state index contributed by atoms with van der Waals surface area (Å²) in [6.07, 6.45) is 8.65. The van der Waals surface area contributed by atoms with E-state index in [2.05, 4.69) is 17.1 Å². The second kappa shape index (κ2) is 13.8. The Balaban J connectivity index is 0.000000329. The normalized spacial score (nSPS) is 20.7. The lowest BCUT2D eigenvalue weighted by Gasteiger charge is -2.36. The van der Waals surface area contributed by atoms with Crippen molar-refractivity contribution in [3.8, 4) is 0 Å². The number of nitrogens with zero attached hydrogens (tertiary/aromatic N) is 1. The summed E-state index contributed by atoms with van der Waals surface area (Å²) in [5.74, 6) is 0.0365. The van der Waals surface area contributed by atoms with E-state index in [4.69, 9.17) is 28.9 Å². The average Bonchev–Trinajstić information content (AvgIpc) is 3.49. The fourth-order valence-electron chi connectivity index (χ4n) is 5.56. The van der Waals surface area contributed by atoms with Crippen molar-refractivity contribution in [2.24, 2.45) is 23.0 Å². The summed E-state index contributed by atoms with van der Waals surface area (Å²) >= 11 is 12.5. The molecule has 0 aromatic heterocycles. The number of nitrogens with two attached hydrogens (primary N) is 1. The lowest BCUT2D eigenvalue weighted by atomic mass is 9.76. The first kappa shape index (κ1) is 29.9. The number of hydrogen-bond acceptors (Lipinski definition) is 3. The molecule has 3 fully saturated rings. The average molecular weight is 531 g/mol. The molecule has 0 bridgehead atoms. The fraction of sp³-hybridized carbons (Fsp3) is 0.704. The van der Waals surface area contributed by atoms with Gasteiger partial charge in [0.25, 0.3) is 0 Å². The summed E-state index contributed by atoms with van der Waals surface area (Å²) in [5, 5.41) is 3.70. The third-order valence-electron chi connectivity index (χ3n) is 7.45. The standard InChI is InChI=1S/C19H24Cl2FNO.C6H12N2O.C2H6/c1-19(10-4-5-11-19)17(23-18(24)12-6-2-3-7-12)15-14(22)9-8-13(20)16(15)21;1-8-3-5(4-8)2-6(7)9;1-2/h8-9,12,17H,2-7,10-11H2,1H3,(H,23,24);5H,2-4H2,1H3,(H2,7,9);1-2H3. The number of carbonyl (C=O) groups is 2. The largest absolute Gasteiger partial charge is 0.370 e. The maximum atomic E-state index is 14.6. The SMILES string of the molecule is CC.CC1(C(NC(=O)C2CCCC2)c2c(F)ccc(Cl)c2Cl)CCCC1.CN1CC(CC(N)=O)C1. The molecule has 198 valence electrons. The number of rotatable bonds is 6. The number of hydrogen-bond donors (Lipinski definition) is 2. The van der Waals surface area contributed by atoms with Crippen LogP contribution in [0.15, 0.2) is 12.1 Å². The van der Waals surface area contributed by atoms with Gasteiger partial charge in [0.2, 0.25) is 11.8 Å². The van der Waals surface area contributed by atoms with E-state index in [1.807, 2.05) is 20.9 Å². The highest BCUT2D eigenvalue weighted by Gasteiger charge is 2.42. The molecule has 1 aromatic rings. The number of likely N-dealkylation sites (tertiary alicyclic amines) is 1. The molecule has 0 radical (unpaired) electrons. The zero-order chi connectivity index (χ0) is 26.2. The van der Waals surface area contributed by atoms with Gasteiger partial charge in [-0.25, -0.2) is 4.39 Å². The Bertz CT molecular complexity index is 849. The number of carbonyl (C=O) groups excluding carboxylic acids is 2. The smallest absolute Gasteiger partial charge is 0.223 e. The molecule has 1 atom stereocenters. The summed E-state index contributed by atoms with van der Waals surface area (Å²) in [7, 11) is 2.04. The van der Waals surface area contributed by atoms with E-state index in [9.17, 15) is 14.0 Å². The molecule has 1 saturated heterocycles. The van der Waals surface area contributed by atoms with Crippen molar-refractivity contribution in [1.29, 1.82) is 0 Å². The molecule has 3 N–H and O–H groups in total. The molecule has 2 saturated carbocycles. The first-order valence-electron chi connectivity index (χ1n) is 13.0. The van der Waals surface area contributed by atoms with E-state index in [0.717, 1.165) is 64.5 Å². The van der Waals surface area contributed by atoms with E-state index in [1.54, 1.807) is 0 Å². The molecule has 4 rings (SSSR count). The molecule has 35 heavy (non-hydrogen) atoms. The van der Waals surface area contributed by atoms with Crippen LogP contribution in [0.3, 0.4) is 0 Å². The van der Waals surface area contributed by atoms with Crippen molar-refractivity contribution in [3.05, 3.63) is 33.6 Å². The Kier molecular flexibility index (Phi) is 11.8. The lowest BCUT2D eigenvalue weighted by Crippen LogP contribution is -2.45. The van der Waals surface area contributed by atoms with Crippen LogP contribution >= 0.6 is 23.2 Å². The van der Waals surface area contributed by atoms with Crippen molar-refractivity contribution < 1.29 is 14.0 Å². The van der Waals surface area contributed by atoms with Gasteiger partial charge in [-0.3, -0.25) is 9.59 Å². The van der Waals surface area contributed by atoms with Crippen LogP contribution in [0.2, 0.25) is 10.0 Å². The van der Waals surface area contributed by atoms with Gasteiger partial charge in [0.05, 0.1) is 16.1 Å². The highest BCUT2D eigenvalue weighted by molar-refractivity contribution is 6.42. The maximum Gasteiger partial charge on any atom is 0.223 e. The molecule has 3 aliphatic rings. The van der Waals surface area contributed by atoms with Crippen LogP contribution in [0.25, 0.3) is 0 Å². The van der Waals surface area contributed by atoms with Gasteiger partial charge in [0.1, 0.15) is 5.82 Å². The second-order valence-electron chi connectivity index (χ2n) is 10.3. The summed E-state index contributed by atoms with van der Waals surface area (Å²) in [6, 6.07) is 2.38. The van der Waals surface area contributed by atoms with E-state index in [1.165, 1.54) is 12.1 Å². The van der Waals surface area contributed by atoms with Crippen molar-refractivity contribution in [3.63, 3.8) is 0 Å². The molecule has 0 spiro atoms. The molecule has 2 amide bonds. The van der Waals surface area contributed by atoms with Gasteiger partial charge in [-0.2, -0.15) is 0 Å². The lowest BCUT2D eigenvalue weighted by molar-refractivity contribution is -0.126. The number of nitrogens with one attached hydrogen (secondary N) is 1. The number of benzene rings is 1. The van der Waals surface area contributed by atoms with E-state index >= 15 is 0 Å². The molecular formula is C27H42Cl2FN3O2. The van der Waals surface area contributed by atoms with Gasteiger partial charge >= 0.3 is 0 Å².